The molecule has 0 atom stereocenters. The molecule has 0 saturated heterocycles. The molecule has 136 valence electrons. The predicted octanol–water partition coefficient (Wildman–Crippen LogP) is 6.12. The van der Waals surface area contributed by atoms with Gasteiger partial charge in [-0.1, -0.05) is 79.7 Å². The third-order valence-electron chi connectivity index (χ3n) is 4.69. The minimum absolute atomic E-state index is 0.536. The summed E-state index contributed by atoms with van der Waals surface area (Å²) in [7, 11) is 0. The van der Waals surface area contributed by atoms with Crippen molar-refractivity contribution < 1.29 is 0 Å². The van der Waals surface area contributed by atoms with Gasteiger partial charge in [-0.05, 0) is 30.0 Å². The molecule has 2 heterocycles. The highest BCUT2D eigenvalue weighted by Gasteiger charge is 2.10. The molecule has 0 aliphatic carbocycles. The predicted molar refractivity (Wildman–Crippen MR) is 113 cm³/mol. The highest BCUT2D eigenvalue weighted by atomic mass is 32.2. The third-order valence-corrected chi connectivity index (χ3v) is 5.75. The Bertz CT molecular complexity index is 1060. The average molecular weight is 374 g/mol. The lowest BCUT2D eigenvalue weighted by atomic mass is 10.0. The molecule has 0 radical (unpaired) electrons. The molecule has 2 aromatic carbocycles. The number of nitrogens with zero attached hydrogens (tertiary/aromatic N) is 3. The second-order valence-corrected chi connectivity index (χ2v) is 8.11. The fourth-order valence-corrected chi connectivity index (χ4v) is 4.06. The lowest BCUT2D eigenvalue weighted by Gasteiger charge is -2.05. The maximum absolute atomic E-state index is 4.75. The Morgan fingerprint density at radius 1 is 1.04 bits per heavy atom. The molecule has 2 aromatic heterocycles. The number of hydrogen-bond acceptors (Lipinski definition) is 3. The Balaban J connectivity index is 1.61. The Labute approximate surface area is 164 Å². The lowest BCUT2D eigenvalue weighted by molar-refractivity contribution is 0.866. The molecule has 0 fully saturated rings. The van der Waals surface area contributed by atoms with Crippen LogP contribution < -0.4 is 0 Å². The van der Waals surface area contributed by atoms with E-state index in [1.165, 1.54) is 16.7 Å². The fourth-order valence-electron chi connectivity index (χ4n) is 3.14. The SMILES string of the molecule is Cc1cccc(CSc2nccn3nc(-c4ccc(C(C)C)cc4)cc23)c1. The minimum atomic E-state index is 0.536. The van der Waals surface area contributed by atoms with Crippen molar-refractivity contribution in [1.82, 2.24) is 14.6 Å². The van der Waals surface area contributed by atoms with E-state index in [1.807, 2.05) is 16.9 Å². The summed E-state index contributed by atoms with van der Waals surface area (Å²) in [4.78, 5) is 4.59. The maximum atomic E-state index is 4.75. The summed E-state index contributed by atoms with van der Waals surface area (Å²) in [6, 6.07) is 19.5. The number of aryl methyl sites for hydroxylation is 1. The highest BCUT2D eigenvalue weighted by molar-refractivity contribution is 7.98. The standard InChI is InChI=1S/C23H23N3S/c1-16(2)19-7-9-20(10-8-19)21-14-22-23(24-11-12-26(22)25-21)27-15-18-6-4-5-17(3)13-18/h4-14,16H,15H2,1-3H3. The van der Waals surface area contributed by atoms with Crippen LogP contribution in [0.15, 0.2) is 72.0 Å². The molecule has 0 spiro atoms. The van der Waals surface area contributed by atoms with Gasteiger partial charge in [-0.25, -0.2) is 9.50 Å². The quantitative estimate of drug-likeness (QED) is 0.395. The summed E-state index contributed by atoms with van der Waals surface area (Å²) >= 11 is 1.75. The highest BCUT2D eigenvalue weighted by Crippen LogP contribution is 2.29. The summed E-state index contributed by atoms with van der Waals surface area (Å²) < 4.78 is 1.93. The van der Waals surface area contributed by atoms with E-state index in [4.69, 9.17) is 5.10 Å². The van der Waals surface area contributed by atoms with Crippen molar-refractivity contribution in [2.24, 2.45) is 0 Å². The van der Waals surface area contributed by atoms with Crippen molar-refractivity contribution in [2.75, 3.05) is 0 Å². The van der Waals surface area contributed by atoms with Crippen molar-refractivity contribution in [1.29, 1.82) is 0 Å². The second-order valence-electron chi connectivity index (χ2n) is 7.15. The van der Waals surface area contributed by atoms with Gasteiger partial charge in [0.15, 0.2) is 0 Å². The van der Waals surface area contributed by atoms with Crippen LogP contribution in [0.25, 0.3) is 16.8 Å². The van der Waals surface area contributed by atoms with E-state index in [0.717, 1.165) is 27.6 Å². The van der Waals surface area contributed by atoms with Crippen molar-refractivity contribution in [3.05, 3.63) is 83.7 Å². The van der Waals surface area contributed by atoms with Gasteiger partial charge in [0.05, 0.1) is 11.2 Å². The van der Waals surface area contributed by atoms with Crippen LogP contribution >= 0.6 is 11.8 Å². The van der Waals surface area contributed by atoms with E-state index in [2.05, 4.69) is 80.4 Å². The van der Waals surface area contributed by atoms with Gasteiger partial charge in [0.2, 0.25) is 0 Å². The zero-order valence-electron chi connectivity index (χ0n) is 15.9. The maximum Gasteiger partial charge on any atom is 0.122 e. The molecule has 0 bridgehead atoms. The van der Waals surface area contributed by atoms with Gasteiger partial charge in [0, 0.05) is 23.7 Å². The molecule has 3 nitrogen and oxygen atoms in total. The fraction of sp³-hybridized carbons (Fsp3) is 0.217. The number of aromatic nitrogens is 3. The van der Waals surface area contributed by atoms with Gasteiger partial charge < -0.3 is 0 Å². The van der Waals surface area contributed by atoms with Crippen molar-refractivity contribution in [3.63, 3.8) is 0 Å². The third kappa shape index (κ3) is 3.91. The van der Waals surface area contributed by atoms with Gasteiger partial charge in [-0.3, -0.25) is 0 Å². The summed E-state index contributed by atoms with van der Waals surface area (Å²) in [5.74, 6) is 1.44. The second kappa shape index (κ2) is 7.57. The molecule has 0 saturated carbocycles. The van der Waals surface area contributed by atoms with E-state index < -0.39 is 0 Å². The Morgan fingerprint density at radius 3 is 2.59 bits per heavy atom. The van der Waals surface area contributed by atoms with Crippen LogP contribution in [0, 0.1) is 6.92 Å². The van der Waals surface area contributed by atoms with Crippen LogP contribution in [0.2, 0.25) is 0 Å². The van der Waals surface area contributed by atoms with Crippen LogP contribution in [0.1, 0.15) is 36.5 Å². The first-order chi connectivity index (χ1) is 13.1. The number of rotatable bonds is 5. The molecular weight excluding hydrogens is 350 g/mol. The van der Waals surface area contributed by atoms with Gasteiger partial charge in [-0.15, -0.1) is 0 Å². The first-order valence-corrected chi connectivity index (χ1v) is 10.2. The Hall–Kier alpha value is -2.59. The van der Waals surface area contributed by atoms with Crippen LogP contribution in [0.3, 0.4) is 0 Å². The van der Waals surface area contributed by atoms with Crippen LogP contribution in [0.5, 0.6) is 0 Å². The van der Waals surface area contributed by atoms with Gasteiger partial charge in [0.1, 0.15) is 5.03 Å². The van der Waals surface area contributed by atoms with Crippen LogP contribution in [-0.2, 0) is 5.75 Å². The van der Waals surface area contributed by atoms with E-state index in [-0.39, 0.29) is 0 Å². The van der Waals surface area contributed by atoms with Gasteiger partial charge in [-0.2, -0.15) is 5.10 Å². The Morgan fingerprint density at radius 2 is 1.85 bits per heavy atom. The molecule has 0 amide bonds. The minimum Gasteiger partial charge on any atom is -0.246 e. The first-order valence-electron chi connectivity index (χ1n) is 9.23. The Kier molecular flexibility index (Phi) is 4.99. The van der Waals surface area contributed by atoms with Crippen molar-refractivity contribution >= 4 is 17.3 Å². The van der Waals surface area contributed by atoms with Crippen molar-refractivity contribution in [2.45, 2.75) is 37.5 Å². The van der Waals surface area contributed by atoms with Gasteiger partial charge in [0.25, 0.3) is 0 Å². The topological polar surface area (TPSA) is 30.2 Å². The molecule has 0 N–H and O–H groups in total. The molecule has 0 aliphatic rings. The monoisotopic (exact) mass is 373 g/mol. The number of thioether (sulfide) groups is 1. The molecule has 4 rings (SSSR count). The number of fused-ring (bicyclic) bond motifs is 1. The smallest absolute Gasteiger partial charge is 0.122 e. The van der Waals surface area contributed by atoms with Gasteiger partial charge >= 0.3 is 0 Å². The van der Waals surface area contributed by atoms with Crippen molar-refractivity contribution in [3.8, 4) is 11.3 Å². The molecule has 4 aromatic rings. The molecule has 4 heteroatoms. The van der Waals surface area contributed by atoms with E-state index in [1.54, 1.807) is 11.8 Å². The summed E-state index contributed by atoms with van der Waals surface area (Å²) in [6.07, 6.45) is 3.74. The van der Waals surface area contributed by atoms with Crippen LogP contribution in [-0.4, -0.2) is 14.6 Å². The molecular formula is C23H23N3S. The molecule has 0 unspecified atom stereocenters. The van der Waals surface area contributed by atoms with E-state index in [0.29, 0.717) is 5.92 Å². The number of hydrogen-bond donors (Lipinski definition) is 0. The summed E-state index contributed by atoms with van der Waals surface area (Å²) in [5.41, 5.74) is 7.12. The largest absolute Gasteiger partial charge is 0.246 e. The van der Waals surface area contributed by atoms with Crippen LogP contribution in [0.4, 0.5) is 0 Å². The molecule has 27 heavy (non-hydrogen) atoms. The van der Waals surface area contributed by atoms with E-state index >= 15 is 0 Å². The first kappa shape index (κ1) is 17.8. The summed E-state index contributed by atoms with van der Waals surface area (Å²) in [6.45, 7) is 6.55. The summed E-state index contributed by atoms with van der Waals surface area (Å²) in [5, 5.41) is 5.76. The lowest BCUT2D eigenvalue weighted by Crippen LogP contribution is -1.91. The normalized spacial score (nSPS) is 11.4. The average Bonchev–Trinajstić information content (AvgIpc) is 3.11. The number of benzene rings is 2. The van der Waals surface area contributed by atoms with E-state index in [9.17, 15) is 0 Å². The zero-order valence-corrected chi connectivity index (χ0v) is 16.7. The zero-order chi connectivity index (χ0) is 18.8. The molecule has 0 aliphatic heterocycles.